The number of halogens is 1. The largest absolute Gasteiger partial charge is 0.504 e. The van der Waals surface area contributed by atoms with Crippen LogP contribution in [-0.2, 0) is 6.42 Å². The molecule has 2 aromatic carbocycles. The molecular weight excluding hydrogens is 259 g/mol. The highest BCUT2D eigenvalue weighted by molar-refractivity contribution is 6.00. The van der Waals surface area contributed by atoms with E-state index in [0.717, 1.165) is 0 Å². The van der Waals surface area contributed by atoms with Gasteiger partial charge in [0.25, 0.3) is 0 Å². The summed E-state index contributed by atoms with van der Waals surface area (Å²) in [5.41, 5.74) is 0.588. The maximum absolute atomic E-state index is 13.7. The number of hydrogen-bond acceptors (Lipinski definition) is 3. The summed E-state index contributed by atoms with van der Waals surface area (Å²) in [6.07, 6.45) is 1.72. The minimum absolute atomic E-state index is 0.204. The molecule has 0 amide bonds. The summed E-state index contributed by atoms with van der Waals surface area (Å²) >= 11 is 0. The molecule has 0 fully saturated rings. The molecular formula is C16H19FO3. The molecule has 2 aromatic rings. The summed E-state index contributed by atoms with van der Waals surface area (Å²) in [7, 11) is 0. The quantitative estimate of drug-likeness (QED) is 0.717. The second kappa shape index (κ2) is 6.28. The van der Waals surface area contributed by atoms with Crippen molar-refractivity contribution in [1.29, 1.82) is 0 Å². The van der Waals surface area contributed by atoms with Crippen LogP contribution in [0.5, 0.6) is 17.2 Å². The third-order valence-corrected chi connectivity index (χ3v) is 3.04. The monoisotopic (exact) mass is 278 g/mol. The lowest BCUT2D eigenvalue weighted by Gasteiger charge is -2.14. The molecule has 0 heterocycles. The summed E-state index contributed by atoms with van der Waals surface area (Å²) in [6.45, 7) is 9.30. The van der Waals surface area contributed by atoms with Crippen molar-refractivity contribution in [2.45, 2.75) is 27.2 Å². The van der Waals surface area contributed by atoms with Crippen LogP contribution in [0.15, 0.2) is 18.7 Å². The Balaban J connectivity index is 0.000000956. The van der Waals surface area contributed by atoms with E-state index in [0.29, 0.717) is 22.8 Å². The second-order valence-electron chi connectivity index (χ2n) is 3.97. The Labute approximate surface area is 117 Å². The van der Waals surface area contributed by atoms with Crippen LogP contribution >= 0.6 is 0 Å². The van der Waals surface area contributed by atoms with Crippen molar-refractivity contribution in [2.75, 3.05) is 0 Å². The van der Waals surface area contributed by atoms with E-state index in [1.165, 1.54) is 18.2 Å². The Bertz CT molecular complexity index is 648. The lowest BCUT2D eigenvalue weighted by molar-refractivity contribution is 0.369. The van der Waals surface area contributed by atoms with Gasteiger partial charge < -0.3 is 15.3 Å². The van der Waals surface area contributed by atoms with Crippen LogP contribution in [0.4, 0.5) is 4.39 Å². The maximum Gasteiger partial charge on any atom is 0.201 e. The highest BCUT2D eigenvalue weighted by atomic mass is 19.1. The van der Waals surface area contributed by atoms with Gasteiger partial charge in [-0.1, -0.05) is 33.4 Å². The Morgan fingerprint density at radius 3 is 2.20 bits per heavy atom. The van der Waals surface area contributed by atoms with Gasteiger partial charge in [-0.05, 0) is 18.6 Å². The van der Waals surface area contributed by atoms with Crippen molar-refractivity contribution >= 4 is 16.8 Å². The zero-order chi connectivity index (χ0) is 15.4. The van der Waals surface area contributed by atoms with Gasteiger partial charge >= 0.3 is 0 Å². The van der Waals surface area contributed by atoms with Crippen LogP contribution < -0.4 is 0 Å². The van der Waals surface area contributed by atoms with Gasteiger partial charge in [0.05, 0.1) is 0 Å². The Hall–Kier alpha value is -2.23. The third-order valence-electron chi connectivity index (χ3n) is 3.04. The van der Waals surface area contributed by atoms with E-state index in [9.17, 15) is 19.7 Å². The fourth-order valence-corrected chi connectivity index (χ4v) is 2.16. The average molecular weight is 278 g/mol. The van der Waals surface area contributed by atoms with E-state index in [1.54, 1.807) is 6.92 Å². The lowest BCUT2D eigenvalue weighted by Crippen LogP contribution is -1.93. The van der Waals surface area contributed by atoms with Gasteiger partial charge in [-0.25, -0.2) is 4.39 Å². The number of rotatable bonds is 2. The van der Waals surface area contributed by atoms with E-state index in [2.05, 4.69) is 6.58 Å². The molecule has 20 heavy (non-hydrogen) atoms. The number of fused-ring (bicyclic) bond motifs is 1. The van der Waals surface area contributed by atoms with Gasteiger partial charge in [-0.3, -0.25) is 0 Å². The summed E-state index contributed by atoms with van der Waals surface area (Å²) < 4.78 is 13.7. The highest BCUT2D eigenvalue weighted by Gasteiger charge is 2.20. The van der Waals surface area contributed by atoms with Gasteiger partial charge in [0.2, 0.25) is 5.75 Å². The van der Waals surface area contributed by atoms with Crippen LogP contribution in [-0.4, -0.2) is 15.3 Å². The molecule has 2 rings (SSSR count). The van der Waals surface area contributed by atoms with Crippen LogP contribution in [0.25, 0.3) is 16.8 Å². The predicted molar refractivity (Wildman–Crippen MR) is 79.7 cm³/mol. The van der Waals surface area contributed by atoms with Gasteiger partial charge in [0, 0.05) is 21.9 Å². The molecule has 0 aliphatic rings. The molecule has 4 heteroatoms. The van der Waals surface area contributed by atoms with Crippen molar-refractivity contribution in [1.82, 2.24) is 0 Å². The van der Waals surface area contributed by atoms with E-state index in [-0.39, 0.29) is 5.56 Å². The maximum atomic E-state index is 13.7. The first-order valence-electron chi connectivity index (χ1n) is 6.53. The highest BCUT2D eigenvalue weighted by Crippen LogP contribution is 2.46. The zero-order valence-electron chi connectivity index (χ0n) is 11.9. The number of phenols is 3. The Morgan fingerprint density at radius 2 is 1.70 bits per heavy atom. The predicted octanol–water partition coefficient (Wildman–Crippen LogP) is 4.33. The second-order valence-corrected chi connectivity index (χ2v) is 3.97. The van der Waals surface area contributed by atoms with Crippen LogP contribution in [0, 0.1) is 5.82 Å². The molecule has 0 bridgehead atoms. The topological polar surface area (TPSA) is 60.7 Å². The Kier molecular flexibility index (Phi) is 4.97. The molecule has 0 spiro atoms. The fourth-order valence-electron chi connectivity index (χ4n) is 2.16. The smallest absolute Gasteiger partial charge is 0.201 e. The first kappa shape index (κ1) is 15.8. The van der Waals surface area contributed by atoms with Crippen molar-refractivity contribution in [3.05, 3.63) is 35.7 Å². The SMILES string of the molecule is C=Cc1c(F)ccc2c(O)c(O)c(O)c(CC)c12.CC. The van der Waals surface area contributed by atoms with Crippen molar-refractivity contribution in [3.8, 4) is 17.2 Å². The first-order valence-corrected chi connectivity index (χ1v) is 6.53. The number of benzene rings is 2. The average Bonchev–Trinajstić information content (AvgIpc) is 2.47. The fraction of sp³-hybridized carbons (Fsp3) is 0.250. The summed E-state index contributed by atoms with van der Waals surface area (Å²) in [5, 5.41) is 29.9. The van der Waals surface area contributed by atoms with Gasteiger partial charge in [-0.15, -0.1) is 0 Å². The number of hydrogen-bond donors (Lipinski definition) is 3. The summed E-state index contributed by atoms with van der Waals surface area (Å²) in [4.78, 5) is 0. The molecule has 108 valence electrons. The minimum Gasteiger partial charge on any atom is -0.504 e. The van der Waals surface area contributed by atoms with Crippen LogP contribution in [0.1, 0.15) is 31.9 Å². The number of phenolic OH excluding ortho intramolecular Hbond substituents is 3. The Morgan fingerprint density at radius 1 is 1.10 bits per heavy atom. The van der Waals surface area contributed by atoms with Crippen molar-refractivity contribution in [2.24, 2.45) is 0 Å². The van der Waals surface area contributed by atoms with Gasteiger partial charge in [0.15, 0.2) is 11.5 Å². The van der Waals surface area contributed by atoms with Crippen molar-refractivity contribution in [3.63, 3.8) is 0 Å². The normalized spacial score (nSPS) is 10.0. The molecule has 0 aliphatic heterocycles. The lowest BCUT2D eigenvalue weighted by atomic mass is 9.95. The molecule has 3 N–H and O–H groups in total. The van der Waals surface area contributed by atoms with Gasteiger partial charge in [-0.2, -0.15) is 0 Å². The number of aryl methyl sites for hydroxylation is 1. The standard InChI is InChI=1S/C14H13FO3.C2H6/c1-3-7-10(15)6-5-9-11(7)8(4-2)12(16)14(18)13(9)17;1-2/h3,5-6,16-18H,1,4H2,2H3;1-2H3. The van der Waals surface area contributed by atoms with Crippen LogP contribution in [0.2, 0.25) is 0 Å². The van der Waals surface area contributed by atoms with Crippen LogP contribution in [0.3, 0.4) is 0 Å². The van der Waals surface area contributed by atoms with Gasteiger partial charge in [0.1, 0.15) is 5.82 Å². The molecule has 0 saturated heterocycles. The molecule has 0 aromatic heterocycles. The molecule has 0 aliphatic carbocycles. The zero-order valence-corrected chi connectivity index (χ0v) is 11.9. The van der Waals surface area contributed by atoms with E-state index in [1.807, 2.05) is 13.8 Å². The van der Waals surface area contributed by atoms with E-state index >= 15 is 0 Å². The van der Waals surface area contributed by atoms with E-state index < -0.39 is 23.1 Å². The number of aromatic hydroxyl groups is 3. The molecule has 0 atom stereocenters. The van der Waals surface area contributed by atoms with Crippen molar-refractivity contribution < 1.29 is 19.7 Å². The first-order chi connectivity index (χ1) is 9.52. The molecule has 0 radical (unpaired) electrons. The third kappa shape index (κ3) is 2.29. The molecule has 0 saturated carbocycles. The molecule has 0 unspecified atom stereocenters. The minimum atomic E-state index is -0.582. The molecule has 3 nitrogen and oxygen atoms in total. The summed E-state index contributed by atoms with van der Waals surface area (Å²) in [5.74, 6) is -1.95. The summed E-state index contributed by atoms with van der Waals surface area (Å²) in [6, 6.07) is 2.56. The van der Waals surface area contributed by atoms with E-state index in [4.69, 9.17) is 0 Å².